The lowest BCUT2D eigenvalue weighted by Crippen LogP contribution is -2.23. The highest BCUT2D eigenvalue weighted by molar-refractivity contribution is 6.06. The second-order valence-electron chi connectivity index (χ2n) is 6.61. The van der Waals surface area contributed by atoms with Crippen molar-refractivity contribution in [1.29, 1.82) is 5.26 Å². The number of nitriles is 1. The van der Waals surface area contributed by atoms with Crippen molar-refractivity contribution in [2.75, 3.05) is 0 Å². The molecule has 0 fully saturated rings. The van der Waals surface area contributed by atoms with Crippen molar-refractivity contribution in [2.45, 2.75) is 20.0 Å². The summed E-state index contributed by atoms with van der Waals surface area (Å²) in [4.78, 5) is 17.8. The number of amides is 1. The summed E-state index contributed by atoms with van der Waals surface area (Å²) in [5.74, 6) is -0.186. The number of nitrogens with zero attached hydrogens (tertiary/aromatic N) is 4. The lowest BCUT2D eigenvalue weighted by atomic mass is 10.1. The predicted molar refractivity (Wildman–Crippen MR) is 111 cm³/mol. The molecule has 1 N–H and O–H groups in total. The molecular formula is C23H19N5O. The minimum absolute atomic E-state index is 0.186. The van der Waals surface area contributed by atoms with Crippen LogP contribution in [0.5, 0.6) is 0 Å². The van der Waals surface area contributed by atoms with E-state index in [2.05, 4.69) is 16.5 Å². The first-order valence-corrected chi connectivity index (χ1v) is 9.39. The Morgan fingerprint density at radius 3 is 2.59 bits per heavy atom. The van der Waals surface area contributed by atoms with Gasteiger partial charge < -0.3 is 5.32 Å². The van der Waals surface area contributed by atoms with Crippen molar-refractivity contribution in [2.24, 2.45) is 0 Å². The molecule has 0 saturated carbocycles. The normalized spacial score (nSPS) is 10.6. The number of aromatic nitrogens is 3. The fraction of sp³-hybridized carbons (Fsp3) is 0.130. The summed E-state index contributed by atoms with van der Waals surface area (Å²) < 4.78 is 1.79. The van der Waals surface area contributed by atoms with Crippen LogP contribution in [0.2, 0.25) is 0 Å². The molecule has 1 amide bonds. The SMILES string of the molecule is CCn1ncc2c(C(=O)NCc3ccc(C#N)cc3)cc(-c3ccccc3)nc21. The van der Waals surface area contributed by atoms with E-state index in [0.29, 0.717) is 29.9 Å². The lowest BCUT2D eigenvalue weighted by Gasteiger charge is -2.10. The van der Waals surface area contributed by atoms with E-state index < -0.39 is 0 Å². The fourth-order valence-corrected chi connectivity index (χ4v) is 3.20. The first-order chi connectivity index (χ1) is 14.2. The predicted octanol–water partition coefficient (Wildman–Crippen LogP) is 3.92. The van der Waals surface area contributed by atoms with E-state index in [1.165, 1.54) is 0 Å². The fourth-order valence-electron chi connectivity index (χ4n) is 3.20. The monoisotopic (exact) mass is 381 g/mol. The topological polar surface area (TPSA) is 83.6 Å². The summed E-state index contributed by atoms with van der Waals surface area (Å²) in [6.07, 6.45) is 1.69. The van der Waals surface area contributed by atoms with E-state index in [1.54, 1.807) is 23.0 Å². The molecule has 2 aromatic carbocycles. The van der Waals surface area contributed by atoms with Gasteiger partial charge in [-0.3, -0.25) is 4.79 Å². The Morgan fingerprint density at radius 2 is 1.90 bits per heavy atom. The van der Waals surface area contributed by atoms with E-state index in [1.807, 2.05) is 55.5 Å². The van der Waals surface area contributed by atoms with E-state index >= 15 is 0 Å². The van der Waals surface area contributed by atoms with Crippen LogP contribution in [0.3, 0.4) is 0 Å². The zero-order valence-electron chi connectivity index (χ0n) is 16.0. The molecular weight excluding hydrogens is 362 g/mol. The second kappa shape index (κ2) is 7.95. The van der Waals surface area contributed by atoms with Gasteiger partial charge >= 0.3 is 0 Å². The van der Waals surface area contributed by atoms with Crippen molar-refractivity contribution in [3.63, 3.8) is 0 Å². The Labute approximate surface area is 168 Å². The molecule has 6 nitrogen and oxygen atoms in total. The minimum atomic E-state index is -0.186. The van der Waals surface area contributed by atoms with Crippen molar-refractivity contribution in [3.05, 3.63) is 83.6 Å². The quantitative estimate of drug-likeness (QED) is 0.568. The molecule has 0 radical (unpaired) electrons. The molecule has 2 aromatic heterocycles. The van der Waals surface area contributed by atoms with Gasteiger partial charge in [0.15, 0.2) is 5.65 Å². The number of hydrogen-bond donors (Lipinski definition) is 1. The number of carbonyl (C=O) groups excluding carboxylic acids is 1. The molecule has 6 heteroatoms. The van der Waals surface area contributed by atoms with E-state index in [0.717, 1.165) is 22.2 Å². The number of benzene rings is 2. The van der Waals surface area contributed by atoms with Crippen LogP contribution >= 0.6 is 0 Å². The maximum atomic E-state index is 13.0. The molecule has 0 saturated heterocycles. The smallest absolute Gasteiger partial charge is 0.252 e. The van der Waals surface area contributed by atoms with Crippen LogP contribution in [-0.2, 0) is 13.1 Å². The summed E-state index contributed by atoms with van der Waals surface area (Å²) in [5, 5.41) is 17.0. The summed E-state index contributed by atoms with van der Waals surface area (Å²) in [5.41, 5.74) is 4.43. The van der Waals surface area contributed by atoms with Crippen molar-refractivity contribution >= 4 is 16.9 Å². The summed E-state index contributed by atoms with van der Waals surface area (Å²) in [6.45, 7) is 3.03. The Morgan fingerprint density at radius 1 is 1.14 bits per heavy atom. The second-order valence-corrected chi connectivity index (χ2v) is 6.61. The number of aryl methyl sites for hydroxylation is 1. The highest BCUT2D eigenvalue weighted by Crippen LogP contribution is 2.25. The molecule has 4 aromatic rings. The van der Waals surface area contributed by atoms with E-state index in [4.69, 9.17) is 10.2 Å². The maximum absolute atomic E-state index is 13.0. The van der Waals surface area contributed by atoms with Crippen LogP contribution in [0.25, 0.3) is 22.3 Å². The molecule has 0 aliphatic carbocycles. The third kappa shape index (κ3) is 3.71. The highest BCUT2D eigenvalue weighted by atomic mass is 16.1. The average Bonchev–Trinajstić information content (AvgIpc) is 3.21. The van der Waals surface area contributed by atoms with Gasteiger partial charge in [0.1, 0.15) is 0 Å². The van der Waals surface area contributed by atoms with Gasteiger partial charge in [0.2, 0.25) is 0 Å². The van der Waals surface area contributed by atoms with E-state index in [9.17, 15) is 4.79 Å². The van der Waals surface area contributed by atoms with Crippen molar-refractivity contribution < 1.29 is 4.79 Å². The number of pyridine rings is 1. The third-order valence-corrected chi connectivity index (χ3v) is 4.76. The first kappa shape index (κ1) is 18.4. The van der Waals surface area contributed by atoms with Crippen molar-refractivity contribution in [1.82, 2.24) is 20.1 Å². The molecule has 4 rings (SSSR count). The number of nitrogens with one attached hydrogen (secondary N) is 1. The maximum Gasteiger partial charge on any atom is 0.252 e. The minimum Gasteiger partial charge on any atom is -0.348 e. The zero-order chi connectivity index (χ0) is 20.2. The molecule has 0 aliphatic rings. The Kier molecular flexibility index (Phi) is 5.04. The Balaban J connectivity index is 1.68. The van der Waals surface area contributed by atoms with Gasteiger partial charge in [-0.2, -0.15) is 10.4 Å². The molecule has 0 aliphatic heterocycles. The molecule has 0 unspecified atom stereocenters. The van der Waals surface area contributed by atoms with Crippen LogP contribution in [0.1, 0.15) is 28.4 Å². The average molecular weight is 381 g/mol. The van der Waals surface area contributed by atoms with Crippen LogP contribution in [0.4, 0.5) is 0 Å². The lowest BCUT2D eigenvalue weighted by molar-refractivity contribution is 0.0952. The summed E-state index contributed by atoms with van der Waals surface area (Å²) in [7, 11) is 0. The number of fused-ring (bicyclic) bond motifs is 1. The number of rotatable bonds is 5. The van der Waals surface area contributed by atoms with Gasteiger partial charge in [-0.05, 0) is 30.7 Å². The van der Waals surface area contributed by atoms with Gasteiger partial charge in [-0.1, -0.05) is 42.5 Å². The summed E-state index contributed by atoms with van der Waals surface area (Å²) >= 11 is 0. The molecule has 2 heterocycles. The van der Waals surface area contributed by atoms with Gasteiger partial charge in [0, 0.05) is 18.7 Å². The molecule has 142 valence electrons. The van der Waals surface area contributed by atoms with E-state index in [-0.39, 0.29) is 5.91 Å². The number of hydrogen-bond acceptors (Lipinski definition) is 4. The zero-order valence-corrected chi connectivity index (χ0v) is 16.0. The number of carbonyl (C=O) groups is 1. The molecule has 0 bridgehead atoms. The van der Waals surface area contributed by atoms with Crippen LogP contribution in [0, 0.1) is 11.3 Å². The highest BCUT2D eigenvalue weighted by Gasteiger charge is 2.17. The summed E-state index contributed by atoms with van der Waals surface area (Å²) in [6, 6.07) is 20.8. The Hall–Kier alpha value is -3.98. The van der Waals surface area contributed by atoms with Crippen LogP contribution < -0.4 is 5.32 Å². The van der Waals surface area contributed by atoms with Gasteiger partial charge in [0.05, 0.1) is 34.5 Å². The van der Waals surface area contributed by atoms with Crippen molar-refractivity contribution in [3.8, 4) is 17.3 Å². The van der Waals surface area contributed by atoms with Crippen LogP contribution in [-0.4, -0.2) is 20.7 Å². The van der Waals surface area contributed by atoms with Crippen LogP contribution in [0.15, 0.2) is 66.9 Å². The first-order valence-electron chi connectivity index (χ1n) is 9.39. The molecule has 29 heavy (non-hydrogen) atoms. The Bertz CT molecular complexity index is 1200. The third-order valence-electron chi connectivity index (χ3n) is 4.76. The molecule has 0 atom stereocenters. The largest absolute Gasteiger partial charge is 0.348 e. The molecule has 0 spiro atoms. The standard InChI is InChI=1S/C23H19N5O/c1-2-28-22-20(15-26-28)19(12-21(27-22)18-6-4-3-5-7-18)23(29)25-14-17-10-8-16(13-24)9-11-17/h3-12,15H,2,14H2,1H3,(H,25,29). The van der Waals surface area contributed by atoms with Gasteiger partial charge in [-0.25, -0.2) is 9.67 Å². The van der Waals surface area contributed by atoms with Gasteiger partial charge in [0.25, 0.3) is 5.91 Å². The van der Waals surface area contributed by atoms with Gasteiger partial charge in [-0.15, -0.1) is 0 Å².